The summed E-state index contributed by atoms with van der Waals surface area (Å²) in [4.78, 5) is 29.3. The monoisotopic (exact) mass is 342 g/mol. The molecule has 1 heterocycles. The first-order valence-corrected chi connectivity index (χ1v) is 8.27. The van der Waals surface area contributed by atoms with Crippen molar-refractivity contribution in [3.8, 4) is 0 Å². The van der Waals surface area contributed by atoms with Gasteiger partial charge in [-0.1, -0.05) is 23.9 Å². The predicted octanol–water partition coefficient (Wildman–Crippen LogP) is 3.44. The van der Waals surface area contributed by atoms with Crippen LogP contribution < -0.4 is 5.56 Å². The number of thioether (sulfide) groups is 1. The number of ketones is 1. The Hall–Kier alpha value is -2.47. The summed E-state index contributed by atoms with van der Waals surface area (Å²) < 4.78 is 14.4. The first-order chi connectivity index (χ1) is 11.5. The molecule has 6 heteroatoms. The van der Waals surface area contributed by atoms with Gasteiger partial charge in [0, 0.05) is 12.6 Å². The van der Waals surface area contributed by atoms with Crippen molar-refractivity contribution in [1.29, 1.82) is 0 Å². The van der Waals surface area contributed by atoms with Gasteiger partial charge in [-0.05, 0) is 43.3 Å². The Morgan fingerprint density at radius 1 is 1.17 bits per heavy atom. The molecule has 0 spiro atoms. The van der Waals surface area contributed by atoms with E-state index in [1.165, 1.54) is 40.6 Å². The molecular formula is C18H15FN2O2S. The molecule has 0 aliphatic carbocycles. The second-order valence-corrected chi connectivity index (χ2v) is 6.71. The molecule has 4 nitrogen and oxygen atoms in total. The standard InChI is InChI=1S/C18H15FN2O2S/c1-11(16(22)12-7-9-13(19)10-8-12)24-18-20-15-6-4-3-5-14(15)17(23)21(18)2/h3-11H,1-2H3/t11-/m0/s1. The Kier molecular flexibility index (Phi) is 4.49. The molecule has 2 aromatic carbocycles. The van der Waals surface area contributed by atoms with E-state index in [2.05, 4.69) is 4.98 Å². The maximum Gasteiger partial charge on any atom is 0.261 e. The molecule has 0 N–H and O–H groups in total. The van der Waals surface area contributed by atoms with Gasteiger partial charge in [-0.15, -0.1) is 0 Å². The Balaban J connectivity index is 1.91. The number of Topliss-reactive ketones (excluding diaryl/α,β-unsaturated/α-hetero) is 1. The van der Waals surface area contributed by atoms with Crippen molar-refractivity contribution in [3.05, 3.63) is 70.3 Å². The van der Waals surface area contributed by atoms with Crippen LogP contribution in [-0.2, 0) is 7.05 Å². The van der Waals surface area contributed by atoms with Crippen molar-refractivity contribution in [2.45, 2.75) is 17.3 Å². The van der Waals surface area contributed by atoms with E-state index in [4.69, 9.17) is 0 Å². The fourth-order valence-corrected chi connectivity index (χ4v) is 3.31. The third kappa shape index (κ3) is 3.10. The van der Waals surface area contributed by atoms with Crippen molar-refractivity contribution in [2.75, 3.05) is 0 Å². The molecule has 122 valence electrons. The van der Waals surface area contributed by atoms with E-state index in [-0.39, 0.29) is 17.2 Å². The van der Waals surface area contributed by atoms with Crippen LogP contribution in [-0.4, -0.2) is 20.6 Å². The van der Waals surface area contributed by atoms with Gasteiger partial charge in [-0.3, -0.25) is 14.2 Å². The van der Waals surface area contributed by atoms with E-state index in [9.17, 15) is 14.0 Å². The van der Waals surface area contributed by atoms with Crippen molar-refractivity contribution >= 4 is 28.4 Å². The van der Waals surface area contributed by atoms with E-state index in [1.807, 2.05) is 6.07 Å². The lowest BCUT2D eigenvalue weighted by atomic mass is 10.1. The lowest BCUT2D eigenvalue weighted by Crippen LogP contribution is -2.22. The zero-order valence-electron chi connectivity index (χ0n) is 13.2. The highest BCUT2D eigenvalue weighted by Crippen LogP contribution is 2.24. The SMILES string of the molecule is C[C@H](Sc1nc2ccccc2c(=O)n1C)C(=O)c1ccc(F)cc1. The molecule has 0 fully saturated rings. The van der Waals surface area contributed by atoms with E-state index < -0.39 is 5.25 Å². The molecule has 0 unspecified atom stereocenters. The molecule has 24 heavy (non-hydrogen) atoms. The quantitative estimate of drug-likeness (QED) is 0.414. The number of aromatic nitrogens is 2. The average Bonchev–Trinajstić information content (AvgIpc) is 2.59. The largest absolute Gasteiger partial charge is 0.293 e. The van der Waals surface area contributed by atoms with Crippen LogP contribution in [0.2, 0.25) is 0 Å². The van der Waals surface area contributed by atoms with Gasteiger partial charge in [0.15, 0.2) is 10.9 Å². The van der Waals surface area contributed by atoms with Crippen LogP contribution in [0.15, 0.2) is 58.5 Å². The minimum absolute atomic E-state index is 0.137. The van der Waals surface area contributed by atoms with Crippen molar-refractivity contribution < 1.29 is 9.18 Å². The van der Waals surface area contributed by atoms with Gasteiger partial charge in [0.05, 0.1) is 16.2 Å². The molecule has 0 bridgehead atoms. The maximum atomic E-state index is 13.0. The van der Waals surface area contributed by atoms with E-state index in [0.29, 0.717) is 21.6 Å². The predicted molar refractivity (Wildman–Crippen MR) is 93.0 cm³/mol. The lowest BCUT2D eigenvalue weighted by Gasteiger charge is -2.13. The molecule has 0 amide bonds. The van der Waals surface area contributed by atoms with Crippen LogP contribution in [0.5, 0.6) is 0 Å². The number of fused-ring (bicyclic) bond motifs is 1. The highest BCUT2D eigenvalue weighted by atomic mass is 32.2. The van der Waals surface area contributed by atoms with E-state index in [1.54, 1.807) is 32.2 Å². The first-order valence-electron chi connectivity index (χ1n) is 7.39. The van der Waals surface area contributed by atoms with Gasteiger partial charge < -0.3 is 0 Å². The number of nitrogens with zero attached hydrogens (tertiary/aromatic N) is 2. The summed E-state index contributed by atoms with van der Waals surface area (Å²) >= 11 is 1.21. The van der Waals surface area contributed by atoms with E-state index >= 15 is 0 Å². The zero-order valence-corrected chi connectivity index (χ0v) is 14.0. The highest BCUT2D eigenvalue weighted by molar-refractivity contribution is 8.00. The minimum atomic E-state index is -0.449. The summed E-state index contributed by atoms with van der Waals surface area (Å²) in [5.74, 6) is -0.521. The highest BCUT2D eigenvalue weighted by Gasteiger charge is 2.19. The second kappa shape index (κ2) is 6.57. The summed E-state index contributed by atoms with van der Waals surface area (Å²) in [6.07, 6.45) is 0. The summed E-state index contributed by atoms with van der Waals surface area (Å²) in [5.41, 5.74) is 0.885. The van der Waals surface area contributed by atoms with Crippen molar-refractivity contribution in [3.63, 3.8) is 0 Å². The Morgan fingerprint density at radius 3 is 2.54 bits per heavy atom. The topological polar surface area (TPSA) is 52.0 Å². The number of halogens is 1. The van der Waals surface area contributed by atoms with Crippen LogP contribution in [0, 0.1) is 5.82 Å². The van der Waals surface area contributed by atoms with Gasteiger partial charge in [-0.2, -0.15) is 0 Å². The molecule has 3 aromatic rings. The van der Waals surface area contributed by atoms with Gasteiger partial charge in [0.1, 0.15) is 5.82 Å². The van der Waals surface area contributed by atoms with Crippen molar-refractivity contribution in [2.24, 2.45) is 7.05 Å². The smallest absolute Gasteiger partial charge is 0.261 e. The molecule has 3 rings (SSSR count). The average molecular weight is 342 g/mol. The molecule has 0 aliphatic rings. The van der Waals surface area contributed by atoms with Crippen LogP contribution in [0.3, 0.4) is 0 Å². The molecule has 0 radical (unpaired) electrons. The Morgan fingerprint density at radius 2 is 1.83 bits per heavy atom. The number of para-hydroxylation sites is 1. The Labute approximate surface area is 142 Å². The maximum absolute atomic E-state index is 13.0. The van der Waals surface area contributed by atoms with Crippen molar-refractivity contribution in [1.82, 2.24) is 9.55 Å². The van der Waals surface area contributed by atoms with Crippen LogP contribution in [0.1, 0.15) is 17.3 Å². The number of carbonyl (C=O) groups excluding carboxylic acids is 1. The first kappa shape index (κ1) is 16.4. The molecule has 1 atom stereocenters. The number of hydrogen-bond acceptors (Lipinski definition) is 4. The molecule has 0 saturated carbocycles. The summed E-state index contributed by atoms with van der Waals surface area (Å²) in [5, 5.41) is 0.568. The number of rotatable bonds is 4. The molecule has 0 saturated heterocycles. The number of carbonyl (C=O) groups is 1. The van der Waals surface area contributed by atoms with Gasteiger partial charge >= 0.3 is 0 Å². The van der Waals surface area contributed by atoms with Crippen LogP contribution in [0.4, 0.5) is 4.39 Å². The summed E-state index contributed by atoms with van der Waals surface area (Å²) in [6.45, 7) is 1.75. The normalized spacial score (nSPS) is 12.3. The second-order valence-electron chi connectivity index (χ2n) is 5.41. The van der Waals surface area contributed by atoms with Gasteiger partial charge in [0.2, 0.25) is 0 Å². The third-order valence-corrected chi connectivity index (χ3v) is 4.87. The number of hydrogen-bond donors (Lipinski definition) is 0. The van der Waals surface area contributed by atoms with Gasteiger partial charge in [0.25, 0.3) is 5.56 Å². The molecular weight excluding hydrogens is 327 g/mol. The van der Waals surface area contributed by atoms with E-state index in [0.717, 1.165) is 0 Å². The fourth-order valence-electron chi connectivity index (χ4n) is 2.36. The van der Waals surface area contributed by atoms with Crippen LogP contribution in [0.25, 0.3) is 10.9 Å². The van der Waals surface area contributed by atoms with Gasteiger partial charge in [-0.25, -0.2) is 9.37 Å². The molecule has 1 aromatic heterocycles. The molecule has 0 aliphatic heterocycles. The fraction of sp³-hybridized carbons (Fsp3) is 0.167. The number of benzene rings is 2. The lowest BCUT2D eigenvalue weighted by molar-refractivity contribution is 0.0994. The zero-order chi connectivity index (χ0) is 17.3. The summed E-state index contributed by atoms with van der Waals surface area (Å²) in [6, 6.07) is 12.5. The van der Waals surface area contributed by atoms with Crippen LogP contribution >= 0.6 is 11.8 Å². The minimum Gasteiger partial charge on any atom is -0.293 e. The Bertz CT molecular complexity index is 967. The summed E-state index contributed by atoms with van der Waals surface area (Å²) in [7, 11) is 1.64. The third-order valence-electron chi connectivity index (χ3n) is 3.72.